The van der Waals surface area contributed by atoms with Gasteiger partial charge in [0.1, 0.15) is 0 Å². The minimum absolute atomic E-state index is 0.267. The highest BCUT2D eigenvalue weighted by Gasteiger charge is 2.24. The lowest BCUT2D eigenvalue weighted by Crippen LogP contribution is -2.05. The summed E-state index contributed by atoms with van der Waals surface area (Å²) in [4.78, 5) is 17.2. The second-order valence-electron chi connectivity index (χ2n) is 5.93. The van der Waals surface area contributed by atoms with Crippen LogP contribution < -0.4 is 9.47 Å². The topological polar surface area (TPSA) is 57.1 Å². The molecule has 6 heteroatoms. The highest BCUT2D eigenvalue weighted by atomic mass is 32.1. The van der Waals surface area contributed by atoms with Crippen LogP contribution in [-0.2, 0) is 9.53 Å². The Morgan fingerprint density at radius 3 is 2.80 bits per heavy atom. The van der Waals surface area contributed by atoms with Gasteiger partial charge in [0.25, 0.3) is 0 Å². The summed E-state index contributed by atoms with van der Waals surface area (Å²) in [6.07, 6.45) is 1.69. The molecule has 2 heterocycles. The molecular formula is C19H19NO4S. The van der Waals surface area contributed by atoms with Crippen LogP contribution in [-0.4, -0.2) is 25.6 Å². The van der Waals surface area contributed by atoms with E-state index in [1.807, 2.05) is 35.7 Å². The number of thiophene rings is 1. The number of cyclic esters (lactones) is 1. The first-order valence-electron chi connectivity index (χ1n) is 7.94. The number of rotatable bonds is 6. The summed E-state index contributed by atoms with van der Waals surface area (Å²) >= 11 is 1.48. The van der Waals surface area contributed by atoms with Gasteiger partial charge < -0.3 is 14.2 Å². The van der Waals surface area contributed by atoms with Crippen LogP contribution in [0.3, 0.4) is 0 Å². The molecule has 1 aromatic carbocycles. The van der Waals surface area contributed by atoms with Crippen LogP contribution in [0.5, 0.6) is 11.5 Å². The highest BCUT2D eigenvalue weighted by molar-refractivity contribution is 7.12. The van der Waals surface area contributed by atoms with E-state index in [-0.39, 0.29) is 5.70 Å². The predicted molar refractivity (Wildman–Crippen MR) is 98.3 cm³/mol. The molecule has 3 rings (SSSR count). The van der Waals surface area contributed by atoms with E-state index in [9.17, 15) is 4.79 Å². The van der Waals surface area contributed by atoms with Crippen molar-refractivity contribution in [3.8, 4) is 11.5 Å². The van der Waals surface area contributed by atoms with Gasteiger partial charge in [-0.2, -0.15) is 0 Å². The SMILES string of the molecule is COc1ccc(C=C2N=C(c3cccs3)OC2=O)cc1OCC(C)C. The van der Waals surface area contributed by atoms with Crippen molar-refractivity contribution in [2.45, 2.75) is 13.8 Å². The Bertz CT molecular complexity index is 822. The fraction of sp³-hybridized carbons (Fsp3) is 0.263. The van der Waals surface area contributed by atoms with Gasteiger partial charge in [0.15, 0.2) is 17.2 Å². The van der Waals surface area contributed by atoms with E-state index >= 15 is 0 Å². The van der Waals surface area contributed by atoms with E-state index in [0.29, 0.717) is 29.9 Å². The summed E-state index contributed by atoms with van der Waals surface area (Å²) in [5.41, 5.74) is 1.06. The van der Waals surface area contributed by atoms with Crippen LogP contribution in [0, 0.1) is 5.92 Å². The maximum absolute atomic E-state index is 12.1. The van der Waals surface area contributed by atoms with Crippen molar-refractivity contribution in [3.63, 3.8) is 0 Å². The molecule has 25 heavy (non-hydrogen) atoms. The Hall–Kier alpha value is -2.60. The fourth-order valence-electron chi connectivity index (χ4n) is 2.22. The molecular weight excluding hydrogens is 338 g/mol. The number of methoxy groups -OCH3 is 1. The number of esters is 1. The van der Waals surface area contributed by atoms with Gasteiger partial charge in [0.2, 0.25) is 5.90 Å². The highest BCUT2D eigenvalue weighted by Crippen LogP contribution is 2.30. The number of carbonyl (C=O) groups excluding carboxylic acids is 1. The van der Waals surface area contributed by atoms with Crippen molar-refractivity contribution in [3.05, 3.63) is 51.8 Å². The smallest absolute Gasteiger partial charge is 0.363 e. The normalized spacial score (nSPS) is 15.4. The van der Waals surface area contributed by atoms with Gasteiger partial charge in [0.05, 0.1) is 18.6 Å². The molecule has 0 bridgehead atoms. The summed E-state index contributed by atoms with van der Waals surface area (Å²) in [6.45, 7) is 4.74. The Morgan fingerprint density at radius 2 is 2.12 bits per heavy atom. The third-order valence-electron chi connectivity index (χ3n) is 3.42. The van der Waals surface area contributed by atoms with Crippen molar-refractivity contribution < 1.29 is 19.0 Å². The van der Waals surface area contributed by atoms with Gasteiger partial charge in [-0.05, 0) is 41.1 Å². The van der Waals surface area contributed by atoms with Gasteiger partial charge >= 0.3 is 5.97 Å². The van der Waals surface area contributed by atoms with Gasteiger partial charge in [0, 0.05) is 0 Å². The molecule has 0 atom stereocenters. The lowest BCUT2D eigenvalue weighted by Gasteiger charge is -2.13. The maximum atomic E-state index is 12.1. The molecule has 0 saturated heterocycles. The zero-order chi connectivity index (χ0) is 17.8. The Labute approximate surface area is 150 Å². The van der Waals surface area contributed by atoms with E-state index in [2.05, 4.69) is 18.8 Å². The minimum Gasteiger partial charge on any atom is -0.493 e. The lowest BCUT2D eigenvalue weighted by molar-refractivity contribution is -0.129. The molecule has 130 valence electrons. The fourth-order valence-corrected chi connectivity index (χ4v) is 2.87. The molecule has 0 radical (unpaired) electrons. The van der Waals surface area contributed by atoms with Gasteiger partial charge in [-0.25, -0.2) is 9.79 Å². The van der Waals surface area contributed by atoms with Crippen molar-refractivity contribution in [1.29, 1.82) is 0 Å². The molecule has 0 unspecified atom stereocenters. The van der Waals surface area contributed by atoms with Crippen LogP contribution >= 0.6 is 11.3 Å². The number of benzene rings is 1. The van der Waals surface area contributed by atoms with Gasteiger partial charge in [-0.1, -0.05) is 26.0 Å². The minimum atomic E-state index is -0.455. The van der Waals surface area contributed by atoms with Gasteiger partial charge in [-0.15, -0.1) is 11.3 Å². The quantitative estimate of drug-likeness (QED) is 0.576. The standard InChI is InChI=1S/C19H19NO4S/c1-12(2)11-23-16-10-13(6-7-15(16)22-3)9-14-19(21)24-18(20-14)17-5-4-8-25-17/h4-10,12H,11H2,1-3H3. The van der Waals surface area contributed by atoms with E-state index in [0.717, 1.165) is 10.4 Å². The number of hydrogen-bond acceptors (Lipinski definition) is 6. The average molecular weight is 357 g/mol. The Balaban J connectivity index is 1.87. The van der Waals surface area contributed by atoms with Crippen molar-refractivity contribution in [2.75, 3.05) is 13.7 Å². The number of carbonyl (C=O) groups is 1. The molecule has 0 N–H and O–H groups in total. The number of hydrogen-bond donors (Lipinski definition) is 0. The lowest BCUT2D eigenvalue weighted by atomic mass is 10.1. The predicted octanol–water partition coefficient (Wildman–Crippen LogP) is 4.14. The molecule has 0 amide bonds. The molecule has 5 nitrogen and oxygen atoms in total. The number of aliphatic imine (C=N–C) groups is 1. The van der Waals surface area contributed by atoms with Crippen LogP contribution in [0.15, 0.2) is 46.4 Å². The van der Waals surface area contributed by atoms with E-state index in [1.165, 1.54) is 11.3 Å². The summed E-state index contributed by atoms with van der Waals surface area (Å²) in [5.74, 6) is 1.58. The maximum Gasteiger partial charge on any atom is 0.363 e. The second kappa shape index (κ2) is 7.53. The number of nitrogens with zero attached hydrogens (tertiary/aromatic N) is 1. The zero-order valence-electron chi connectivity index (χ0n) is 14.3. The van der Waals surface area contributed by atoms with Crippen LogP contribution in [0.2, 0.25) is 0 Å². The van der Waals surface area contributed by atoms with E-state index in [1.54, 1.807) is 13.2 Å². The number of ether oxygens (including phenoxy) is 3. The molecule has 1 aliphatic heterocycles. The molecule has 1 aromatic heterocycles. The summed E-state index contributed by atoms with van der Waals surface area (Å²) in [7, 11) is 1.60. The Morgan fingerprint density at radius 1 is 1.28 bits per heavy atom. The first kappa shape index (κ1) is 17.2. The molecule has 0 spiro atoms. The monoisotopic (exact) mass is 357 g/mol. The van der Waals surface area contributed by atoms with Crippen molar-refractivity contribution in [1.82, 2.24) is 0 Å². The van der Waals surface area contributed by atoms with Crippen LogP contribution in [0.4, 0.5) is 0 Å². The third kappa shape index (κ3) is 4.09. The molecule has 0 saturated carbocycles. The molecule has 0 aliphatic carbocycles. The van der Waals surface area contributed by atoms with E-state index in [4.69, 9.17) is 14.2 Å². The largest absolute Gasteiger partial charge is 0.493 e. The first-order valence-corrected chi connectivity index (χ1v) is 8.82. The van der Waals surface area contributed by atoms with Crippen LogP contribution in [0.25, 0.3) is 6.08 Å². The summed E-state index contributed by atoms with van der Waals surface area (Å²) < 4.78 is 16.4. The van der Waals surface area contributed by atoms with Crippen LogP contribution in [0.1, 0.15) is 24.3 Å². The van der Waals surface area contributed by atoms with E-state index < -0.39 is 5.97 Å². The Kier molecular flexibility index (Phi) is 5.19. The first-order chi connectivity index (χ1) is 12.1. The summed E-state index contributed by atoms with van der Waals surface area (Å²) in [5, 5.41) is 1.91. The molecule has 2 aromatic rings. The third-order valence-corrected chi connectivity index (χ3v) is 4.27. The summed E-state index contributed by atoms with van der Waals surface area (Å²) in [6, 6.07) is 9.25. The molecule has 1 aliphatic rings. The van der Waals surface area contributed by atoms with Crippen molar-refractivity contribution in [2.24, 2.45) is 10.9 Å². The average Bonchev–Trinajstić information content (AvgIpc) is 3.23. The zero-order valence-corrected chi connectivity index (χ0v) is 15.1. The molecule has 0 fully saturated rings. The second-order valence-corrected chi connectivity index (χ2v) is 6.88. The van der Waals surface area contributed by atoms with Gasteiger partial charge in [-0.3, -0.25) is 0 Å². The van der Waals surface area contributed by atoms with Crippen molar-refractivity contribution >= 4 is 29.3 Å².